The maximum absolute atomic E-state index is 12.9. The lowest BCUT2D eigenvalue weighted by molar-refractivity contribution is -0.121. The van der Waals surface area contributed by atoms with E-state index in [1.54, 1.807) is 46.6 Å². The third-order valence-corrected chi connectivity index (χ3v) is 7.50. The minimum atomic E-state index is -1.07. The number of fused-ring (bicyclic) bond motifs is 1. The summed E-state index contributed by atoms with van der Waals surface area (Å²) in [7, 11) is 6.24. The molecule has 2 aromatic heterocycles. The van der Waals surface area contributed by atoms with Crippen molar-refractivity contribution in [2.45, 2.75) is 38.8 Å². The van der Waals surface area contributed by atoms with Crippen LogP contribution in [-0.4, -0.2) is 48.8 Å². The van der Waals surface area contributed by atoms with Gasteiger partial charge in [0.15, 0.2) is 11.5 Å². The number of methoxy groups -OCH3 is 4. The van der Waals surface area contributed by atoms with E-state index in [4.69, 9.17) is 35.5 Å². The summed E-state index contributed by atoms with van der Waals surface area (Å²) in [5, 5.41) is 15.0. The molecule has 1 amide bonds. The van der Waals surface area contributed by atoms with Gasteiger partial charge in [0.05, 0.1) is 51.4 Å². The Morgan fingerprint density at radius 1 is 1.02 bits per heavy atom. The van der Waals surface area contributed by atoms with Gasteiger partial charge in [-0.25, -0.2) is 4.98 Å². The maximum atomic E-state index is 12.9. The van der Waals surface area contributed by atoms with Gasteiger partial charge in [0.2, 0.25) is 5.91 Å². The van der Waals surface area contributed by atoms with Crippen molar-refractivity contribution in [1.82, 2.24) is 14.7 Å². The van der Waals surface area contributed by atoms with Crippen molar-refractivity contribution in [2.75, 3.05) is 28.4 Å². The minimum absolute atomic E-state index is 0.105. The molecule has 0 aliphatic rings. The number of halogens is 1. The first-order valence-electron chi connectivity index (χ1n) is 13.3. The number of amides is 1. The summed E-state index contributed by atoms with van der Waals surface area (Å²) < 4.78 is 23.4. The number of benzene rings is 2. The molecule has 4 aromatic rings. The van der Waals surface area contributed by atoms with E-state index in [1.807, 2.05) is 40.9 Å². The third kappa shape index (κ3) is 6.69. The van der Waals surface area contributed by atoms with Crippen LogP contribution in [0.4, 0.5) is 0 Å². The van der Waals surface area contributed by atoms with E-state index in [-0.39, 0.29) is 18.4 Å². The number of aliphatic hydroxyl groups is 1. The molecule has 218 valence electrons. The van der Waals surface area contributed by atoms with Crippen molar-refractivity contribution in [2.24, 2.45) is 5.92 Å². The fourth-order valence-corrected chi connectivity index (χ4v) is 5.21. The minimum Gasteiger partial charge on any atom is -0.497 e. The van der Waals surface area contributed by atoms with Crippen LogP contribution in [0.15, 0.2) is 54.7 Å². The molecule has 2 atom stereocenters. The van der Waals surface area contributed by atoms with Gasteiger partial charge < -0.3 is 33.8 Å². The molecular formula is C31H36ClN3O6. The van der Waals surface area contributed by atoms with E-state index in [0.29, 0.717) is 69.9 Å². The molecule has 0 radical (unpaired) electrons. The van der Waals surface area contributed by atoms with Crippen molar-refractivity contribution < 1.29 is 28.8 Å². The Bertz CT molecular complexity index is 1500. The van der Waals surface area contributed by atoms with Gasteiger partial charge in [-0.15, -0.1) is 0 Å². The predicted octanol–water partition coefficient (Wildman–Crippen LogP) is 5.38. The molecule has 9 nitrogen and oxygen atoms in total. The van der Waals surface area contributed by atoms with E-state index >= 15 is 0 Å². The Kier molecular flexibility index (Phi) is 9.96. The summed E-state index contributed by atoms with van der Waals surface area (Å²) in [6.45, 7) is 2.24. The number of carbonyl (C=O) groups excluding carboxylic acids is 1. The number of pyridine rings is 1. The van der Waals surface area contributed by atoms with Crippen LogP contribution in [0, 0.1) is 5.92 Å². The highest BCUT2D eigenvalue weighted by atomic mass is 35.5. The van der Waals surface area contributed by atoms with E-state index in [1.165, 1.54) is 0 Å². The summed E-state index contributed by atoms with van der Waals surface area (Å²) in [5.41, 5.74) is 3.24. The molecule has 0 bridgehead atoms. The molecule has 0 fully saturated rings. The van der Waals surface area contributed by atoms with Gasteiger partial charge in [-0.2, -0.15) is 0 Å². The largest absolute Gasteiger partial charge is 0.497 e. The first kappa shape index (κ1) is 30.0. The van der Waals surface area contributed by atoms with Gasteiger partial charge in [-0.1, -0.05) is 30.7 Å². The summed E-state index contributed by atoms with van der Waals surface area (Å²) in [4.78, 5) is 17.6. The highest BCUT2D eigenvalue weighted by molar-refractivity contribution is 6.33. The fourth-order valence-electron chi connectivity index (χ4n) is 4.90. The van der Waals surface area contributed by atoms with E-state index in [0.717, 1.165) is 5.56 Å². The highest BCUT2D eigenvalue weighted by Gasteiger charge is 2.25. The smallest absolute Gasteiger partial charge is 0.220 e. The van der Waals surface area contributed by atoms with E-state index < -0.39 is 6.10 Å². The number of carbonyl (C=O) groups is 1. The molecule has 0 aliphatic heterocycles. The number of rotatable bonds is 13. The number of nitrogens with one attached hydrogen (secondary N) is 1. The lowest BCUT2D eigenvalue weighted by Gasteiger charge is -2.18. The number of aliphatic hydroxyl groups excluding tert-OH is 1. The van der Waals surface area contributed by atoms with Gasteiger partial charge in [-0.3, -0.25) is 4.79 Å². The highest BCUT2D eigenvalue weighted by Crippen LogP contribution is 2.38. The normalized spacial score (nSPS) is 12.6. The van der Waals surface area contributed by atoms with Crippen LogP contribution in [0.1, 0.15) is 48.4 Å². The lowest BCUT2D eigenvalue weighted by atomic mass is 9.96. The van der Waals surface area contributed by atoms with Crippen molar-refractivity contribution in [3.05, 3.63) is 82.3 Å². The Morgan fingerprint density at radius 2 is 1.78 bits per heavy atom. The van der Waals surface area contributed by atoms with Crippen LogP contribution in [0.2, 0.25) is 5.02 Å². The standard InChI is InChI=1S/C31H36ClN3O6/c1-19(16-20-10-12-25(40-4)31(41-5)28(20)32)9-14-27(36)33-18-23-29(35-15-7-6-8-26(35)34-23)30(37)22-17-21(38-2)11-13-24(22)39-3/h6-8,10-13,15,17,19,30,37H,9,14,16,18H2,1-5H3,(H,33,36). The Hall–Kier alpha value is -3.95. The third-order valence-electron chi connectivity index (χ3n) is 7.08. The van der Waals surface area contributed by atoms with Gasteiger partial charge in [-0.05, 0) is 60.7 Å². The number of aromatic nitrogens is 2. The second-order valence-corrected chi connectivity index (χ2v) is 10.2. The first-order valence-corrected chi connectivity index (χ1v) is 13.7. The Morgan fingerprint density at radius 3 is 2.49 bits per heavy atom. The summed E-state index contributed by atoms with van der Waals surface area (Å²) >= 11 is 6.54. The van der Waals surface area contributed by atoms with Gasteiger partial charge in [0.25, 0.3) is 0 Å². The number of ether oxygens (including phenoxy) is 4. The van der Waals surface area contributed by atoms with E-state index in [9.17, 15) is 9.90 Å². The molecule has 0 aliphatic carbocycles. The molecule has 2 heterocycles. The van der Waals surface area contributed by atoms with Crippen LogP contribution in [0.3, 0.4) is 0 Å². The summed E-state index contributed by atoms with van der Waals surface area (Å²) in [6.07, 6.45) is 2.45. The zero-order valence-electron chi connectivity index (χ0n) is 23.9. The topological polar surface area (TPSA) is 104 Å². The number of hydrogen-bond acceptors (Lipinski definition) is 7. The summed E-state index contributed by atoms with van der Waals surface area (Å²) in [5.74, 6) is 2.29. The Labute approximate surface area is 245 Å². The zero-order chi connectivity index (χ0) is 29.5. The van der Waals surface area contributed by atoms with Crippen molar-refractivity contribution >= 4 is 23.2 Å². The van der Waals surface area contributed by atoms with Crippen LogP contribution in [-0.2, 0) is 17.8 Å². The van der Waals surface area contributed by atoms with Crippen LogP contribution in [0.25, 0.3) is 5.65 Å². The predicted molar refractivity (Wildman–Crippen MR) is 157 cm³/mol. The quantitative estimate of drug-likeness (QED) is 0.218. The maximum Gasteiger partial charge on any atom is 0.220 e. The molecule has 41 heavy (non-hydrogen) atoms. The van der Waals surface area contributed by atoms with Gasteiger partial charge in [0.1, 0.15) is 23.3 Å². The number of nitrogens with zero attached hydrogens (tertiary/aromatic N) is 2. The van der Waals surface area contributed by atoms with E-state index in [2.05, 4.69) is 12.2 Å². The molecule has 0 spiro atoms. The van der Waals surface area contributed by atoms with Gasteiger partial charge in [0, 0.05) is 18.2 Å². The summed E-state index contributed by atoms with van der Waals surface area (Å²) in [6, 6.07) is 14.6. The molecule has 2 unspecified atom stereocenters. The Balaban J connectivity index is 1.45. The molecule has 0 saturated carbocycles. The number of hydrogen-bond donors (Lipinski definition) is 2. The SMILES string of the molecule is COc1ccc(OC)c(C(O)c2c(CNC(=O)CCC(C)Cc3ccc(OC)c(OC)c3Cl)nc3ccccn23)c1. The van der Waals surface area contributed by atoms with Gasteiger partial charge >= 0.3 is 0 Å². The first-order chi connectivity index (χ1) is 19.8. The molecule has 2 N–H and O–H groups in total. The lowest BCUT2D eigenvalue weighted by Crippen LogP contribution is -2.24. The van der Waals surface area contributed by atoms with Crippen molar-refractivity contribution in [3.8, 4) is 23.0 Å². The second kappa shape index (κ2) is 13.6. The van der Waals surface area contributed by atoms with Crippen LogP contribution < -0.4 is 24.3 Å². The van der Waals surface area contributed by atoms with Crippen molar-refractivity contribution in [3.63, 3.8) is 0 Å². The fraction of sp³-hybridized carbons (Fsp3) is 0.355. The molecule has 4 rings (SSSR count). The number of imidazole rings is 1. The van der Waals surface area contributed by atoms with Crippen LogP contribution >= 0.6 is 11.6 Å². The monoisotopic (exact) mass is 581 g/mol. The average Bonchev–Trinajstić information content (AvgIpc) is 3.37. The van der Waals surface area contributed by atoms with Crippen LogP contribution in [0.5, 0.6) is 23.0 Å². The average molecular weight is 582 g/mol. The van der Waals surface area contributed by atoms with Crippen molar-refractivity contribution in [1.29, 1.82) is 0 Å². The molecular weight excluding hydrogens is 546 g/mol. The second-order valence-electron chi connectivity index (χ2n) is 9.78. The molecule has 0 saturated heterocycles. The molecule has 10 heteroatoms. The molecule has 2 aromatic carbocycles. The zero-order valence-corrected chi connectivity index (χ0v) is 24.7.